The molecule has 6 heteroatoms. The van der Waals surface area contributed by atoms with Gasteiger partial charge in [0.1, 0.15) is 6.61 Å². The van der Waals surface area contributed by atoms with Gasteiger partial charge in [0.05, 0.1) is 12.0 Å². The second kappa shape index (κ2) is 6.15. The number of primary sulfonamides is 1. The van der Waals surface area contributed by atoms with E-state index in [1.807, 2.05) is 30.3 Å². The molecule has 2 aromatic rings. The third-order valence-electron chi connectivity index (χ3n) is 3.07. The summed E-state index contributed by atoms with van der Waals surface area (Å²) in [6, 6.07) is 12.5. The Morgan fingerprint density at radius 2 is 1.76 bits per heavy atom. The van der Waals surface area contributed by atoms with E-state index in [1.165, 1.54) is 19.2 Å². The lowest BCUT2D eigenvalue weighted by atomic mass is 10.2. The summed E-state index contributed by atoms with van der Waals surface area (Å²) in [6.45, 7) is 1.95. The first-order valence-corrected chi connectivity index (χ1v) is 7.85. The van der Waals surface area contributed by atoms with Crippen molar-refractivity contribution in [1.82, 2.24) is 0 Å². The Kier molecular flexibility index (Phi) is 4.50. The van der Waals surface area contributed by atoms with Crippen LogP contribution in [0.15, 0.2) is 47.4 Å². The molecule has 0 fully saturated rings. The predicted molar refractivity (Wildman–Crippen MR) is 79.9 cm³/mol. The highest BCUT2D eigenvalue weighted by atomic mass is 32.2. The molecule has 0 atom stereocenters. The van der Waals surface area contributed by atoms with Gasteiger partial charge >= 0.3 is 0 Å². The van der Waals surface area contributed by atoms with Crippen molar-refractivity contribution in [2.75, 3.05) is 7.11 Å². The normalized spacial score (nSPS) is 11.2. The molecule has 2 aromatic carbocycles. The van der Waals surface area contributed by atoms with Gasteiger partial charge in [-0.05, 0) is 24.6 Å². The van der Waals surface area contributed by atoms with E-state index < -0.39 is 10.0 Å². The number of nitrogens with two attached hydrogens (primary N) is 1. The van der Waals surface area contributed by atoms with Crippen LogP contribution < -0.4 is 14.6 Å². The second-order valence-electron chi connectivity index (χ2n) is 4.54. The molecule has 0 bridgehead atoms. The van der Waals surface area contributed by atoms with Gasteiger partial charge in [-0.1, -0.05) is 30.3 Å². The van der Waals surface area contributed by atoms with Gasteiger partial charge in [-0.15, -0.1) is 0 Å². The number of methoxy groups -OCH3 is 1. The Morgan fingerprint density at radius 1 is 1.10 bits per heavy atom. The Morgan fingerprint density at radius 3 is 2.33 bits per heavy atom. The number of sulfonamides is 1. The molecule has 0 amide bonds. The van der Waals surface area contributed by atoms with Crippen LogP contribution in [0.5, 0.6) is 11.5 Å². The van der Waals surface area contributed by atoms with Gasteiger partial charge in [-0.3, -0.25) is 0 Å². The fourth-order valence-electron chi connectivity index (χ4n) is 2.03. The largest absolute Gasteiger partial charge is 0.493 e. The van der Waals surface area contributed by atoms with E-state index in [4.69, 9.17) is 14.6 Å². The molecule has 5 nitrogen and oxygen atoms in total. The minimum atomic E-state index is -3.80. The van der Waals surface area contributed by atoms with Crippen LogP contribution in [0.3, 0.4) is 0 Å². The monoisotopic (exact) mass is 307 g/mol. The molecule has 0 radical (unpaired) electrons. The summed E-state index contributed by atoms with van der Waals surface area (Å²) in [5.74, 6) is 0.851. The molecular formula is C15H17NO4S. The van der Waals surface area contributed by atoms with Crippen LogP contribution in [-0.4, -0.2) is 15.5 Å². The molecule has 0 spiro atoms. The lowest BCUT2D eigenvalue weighted by Gasteiger charge is -2.15. The summed E-state index contributed by atoms with van der Waals surface area (Å²) >= 11 is 0. The van der Waals surface area contributed by atoms with Crippen LogP contribution in [-0.2, 0) is 16.6 Å². The van der Waals surface area contributed by atoms with Crippen LogP contribution >= 0.6 is 0 Å². The first-order valence-electron chi connectivity index (χ1n) is 6.30. The Labute approximate surface area is 124 Å². The summed E-state index contributed by atoms with van der Waals surface area (Å²) in [5.41, 5.74) is 1.41. The zero-order valence-corrected chi connectivity index (χ0v) is 12.7. The van der Waals surface area contributed by atoms with E-state index in [1.54, 1.807) is 6.92 Å². The Balaban J connectivity index is 2.37. The number of ether oxygens (including phenoxy) is 2. The first-order chi connectivity index (χ1) is 9.93. The summed E-state index contributed by atoms with van der Waals surface area (Å²) in [5, 5.41) is 5.20. The topological polar surface area (TPSA) is 78.6 Å². The lowest BCUT2D eigenvalue weighted by molar-refractivity contribution is 0.281. The highest BCUT2D eigenvalue weighted by Crippen LogP contribution is 2.35. The maximum absolute atomic E-state index is 11.6. The van der Waals surface area contributed by atoms with E-state index in [9.17, 15) is 8.42 Å². The molecule has 0 saturated carbocycles. The highest BCUT2D eigenvalue weighted by Gasteiger charge is 2.18. The standard InChI is InChI=1S/C15H17NO4S/c1-11-14(21(16,17)18)9-8-13(19-2)15(11)20-10-12-6-4-3-5-7-12/h3-9H,10H2,1-2H3,(H2,16,17,18). The van der Waals surface area contributed by atoms with E-state index in [0.29, 0.717) is 23.7 Å². The summed E-state index contributed by atoms with van der Waals surface area (Å²) < 4.78 is 34.1. The highest BCUT2D eigenvalue weighted by molar-refractivity contribution is 7.89. The summed E-state index contributed by atoms with van der Waals surface area (Å²) in [7, 11) is -2.30. The molecule has 21 heavy (non-hydrogen) atoms. The number of rotatable bonds is 5. The number of hydrogen-bond donors (Lipinski definition) is 1. The molecule has 2 rings (SSSR count). The maximum atomic E-state index is 11.6. The van der Waals surface area contributed by atoms with E-state index in [2.05, 4.69) is 0 Å². The molecule has 0 aliphatic rings. The van der Waals surface area contributed by atoms with Crippen molar-refractivity contribution >= 4 is 10.0 Å². The minimum absolute atomic E-state index is 0.0337. The van der Waals surface area contributed by atoms with Gasteiger partial charge in [-0.25, -0.2) is 13.6 Å². The van der Waals surface area contributed by atoms with Gasteiger partial charge < -0.3 is 9.47 Å². The lowest BCUT2D eigenvalue weighted by Crippen LogP contribution is -2.14. The van der Waals surface area contributed by atoms with Crippen molar-refractivity contribution < 1.29 is 17.9 Å². The smallest absolute Gasteiger partial charge is 0.238 e. The van der Waals surface area contributed by atoms with Crippen LogP contribution in [0.1, 0.15) is 11.1 Å². The quantitative estimate of drug-likeness (QED) is 0.918. The molecule has 112 valence electrons. The van der Waals surface area contributed by atoms with Crippen molar-refractivity contribution in [3.63, 3.8) is 0 Å². The number of benzene rings is 2. The van der Waals surface area contributed by atoms with Crippen molar-refractivity contribution in [1.29, 1.82) is 0 Å². The van der Waals surface area contributed by atoms with Gasteiger partial charge in [0.25, 0.3) is 0 Å². The molecule has 0 aliphatic carbocycles. The van der Waals surface area contributed by atoms with Gasteiger partial charge in [0.2, 0.25) is 10.0 Å². The van der Waals surface area contributed by atoms with Crippen LogP contribution in [0, 0.1) is 6.92 Å². The van der Waals surface area contributed by atoms with Crippen LogP contribution in [0.25, 0.3) is 0 Å². The van der Waals surface area contributed by atoms with Crippen LogP contribution in [0.4, 0.5) is 0 Å². The molecular weight excluding hydrogens is 290 g/mol. The third-order valence-corrected chi connectivity index (χ3v) is 4.13. The summed E-state index contributed by atoms with van der Waals surface area (Å²) in [6.07, 6.45) is 0. The number of hydrogen-bond acceptors (Lipinski definition) is 4. The molecule has 0 aliphatic heterocycles. The zero-order valence-electron chi connectivity index (χ0n) is 11.9. The van der Waals surface area contributed by atoms with Crippen molar-refractivity contribution in [3.05, 3.63) is 53.6 Å². The maximum Gasteiger partial charge on any atom is 0.238 e. The molecule has 0 heterocycles. The van der Waals surface area contributed by atoms with E-state index in [0.717, 1.165) is 5.56 Å². The SMILES string of the molecule is COc1ccc(S(N)(=O)=O)c(C)c1OCc1ccccc1. The third kappa shape index (κ3) is 3.53. The fraction of sp³-hybridized carbons (Fsp3) is 0.200. The molecule has 0 aromatic heterocycles. The van der Waals surface area contributed by atoms with Gasteiger partial charge in [0, 0.05) is 5.56 Å². The van der Waals surface area contributed by atoms with Crippen LogP contribution in [0.2, 0.25) is 0 Å². The van der Waals surface area contributed by atoms with Crippen molar-refractivity contribution in [2.45, 2.75) is 18.4 Å². The molecule has 0 saturated heterocycles. The van der Waals surface area contributed by atoms with Gasteiger partial charge in [-0.2, -0.15) is 0 Å². The minimum Gasteiger partial charge on any atom is -0.493 e. The summed E-state index contributed by atoms with van der Waals surface area (Å²) in [4.78, 5) is 0.0337. The predicted octanol–water partition coefficient (Wildman–Crippen LogP) is 2.23. The molecule has 0 unspecified atom stereocenters. The zero-order chi connectivity index (χ0) is 15.5. The van der Waals surface area contributed by atoms with Crippen molar-refractivity contribution in [3.8, 4) is 11.5 Å². The van der Waals surface area contributed by atoms with E-state index in [-0.39, 0.29) is 4.90 Å². The second-order valence-corrected chi connectivity index (χ2v) is 6.07. The Bertz CT molecular complexity index is 727. The van der Waals surface area contributed by atoms with Crippen molar-refractivity contribution in [2.24, 2.45) is 5.14 Å². The molecule has 2 N–H and O–H groups in total. The first kappa shape index (κ1) is 15.3. The van der Waals surface area contributed by atoms with E-state index >= 15 is 0 Å². The fourth-order valence-corrected chi connectivity index (χ4v) is 2.80. The Hall–Kier alpha value is -2.05. The van der Waals surface area contributed by atoms with Gasteiger partial charge in [0.15, 0.2) is 11.5 Å². The average molecular weight is 307 g/mol. The average Bonchev–Trinajstić information content (AvgIpc) is 2.45.